The van der Waals surface area contributed by atoms with Gasteiger partial charge in [0.05, 0.1) is 21.3 Å². The molecule has 0 amide bonds. The summed E-state index contributed by atoms with van der Waals surface area (Å²) >= 11 is 0. The summed E-state index contributed by atoms with van der Waals surface area (Å²) in [5.41, 5.74) is 4.28. The summed E-state index contributed by atoms with van der Waals surface area (Å²) < 4.78 is 16.2. The van der Waals surface area contributed by atoms with Crippen LogP contribution in [0, 0.1) is 5.41 Å². The first kappa shape index (κ1) is 30.7. The van der Waals surface area contributed by atoms with Crippen LogP contribution in [0.25, 0.3) is 0 Å². The molecular formula is C31H39N7O3. The third-order valence-corrected chi connectivity index (χ3v) is 6.18. The molecule has 0 atom stereocenters. The van der Waals surface area contributed by atoms with E-state index in [4.69, 9.17) is 19.6 Å². The van der Waals surface area contributed by atoms with Crippen molar-refractivity contribution in [2.45, 2.75) is 33.2 Å². The summed E-state index contributed by atoms with van der Waals surface area (Å²) in [6.45, 7) is 5.03. The van der Waals surface area contributed by atoms with Crippen molar-refractivity contribution in [3.05, 3.63) is 78.1 Å². The highest BCUT2D eigenvalue weighted by Gasteiger charge is 2.15. The Bertz CT molecular complexity index is 1370. The fraction of sp³-hybridized carbons (Fsp3) is 0.290. The number of ether oxygens (including phenoxy) is 3. The Morgan fingerprint density at radius 2 is 1.56 bits per heavy atom. The number of anilines is 5. The van der Waals surface area contributed by atoms with Gasteiger partial charge >= 0.3 is 0 Å². The smallest absolute Gasteiger partial charge is 0.234 e. The summed E-state index contributed by atoms with van der Waals surface area (Å²) in [7, 11) is 6.53. The Balaban J connectivity index is 0.00000108. The van der Waals surface area contributed by atoms with Gasteiger partial charge in [0, 0.05) is 54.6 Å². The van der Waals surface area contributed by atoms with Gasteiger partial charge in [0.1, 0.15) is 6.33 Å². The minimum Gasteiger partial charge on any atom is -0.493 e. The SMILES string of the molecule is CCCC.COc1cc(Nc2ncnc(N(C)c3ccc(NCc4ccccc4)c(C=N)c3)n2)cc(OC)c1OC. The van der Waals surface area contributed by atoms with E-state index in [1.165, 1.54) is 25.4 Å². The summed E-state index contributed by atoms with van der Waals surface area (Å²) in [5.74, 6) is 2.30. The first-order chi connectivity index (χ1) is 20.0. The summed E-state index contributed by atoms with van der Waals surface area (Å²) in [6, 6.07) is 19.5. The minimum atomic E-state index is 0.347. The third-order valence-electron chi connectivity index (χ3n) is 6.18. The van der Waals surface area contributed by atoms with E-state index in [0.29, 0.717) is 41.4 Å². The van der Waals surface area contributed by atoms with Crippen molar-refractivity contribution in [1.82, 2.24) is 15.0 Å². The van der Waals surface area contributed by atoms with Gasteiger partial charge in [0.2, 0.25) is 17.6 Å². The van der Waals surface area contributed by atoms with Crippen LogP contribution in [0.3, 0.4) is 0 Å². The second kappa shape index (κ2) is 15.7. The molecule has 0 aliphatic carbocycles. The Kier molecular flexibility index (Phi) is 11.7. The molecule has 10 nitrogen and oxygen atoms in total. The van der Waals surface area contributed by atoms with Crippen molar-refractivity contribution < 1.29 is 14.2 Å². The summed E-state index contributed by atoms with van der Waals surface area (Å²) in [6.07, 6.45) is 5.40. The van der Waals surface area contributed by atoms with E-state index in [1.807, 2.05) is 48.3 Å². The molecule has 3 N–H and O–H groups in total. The second-order valence-corrected chi connectivity index (χ2v) is 8.96. The lowest BCUT2D eigenvalue weighted by atomic mass is 10.1. The van der Waals surface area contributed by atoms with Crippen molar-refractivity contribution in [3.8, 4) is 17.2 Å². The van der Waals surface area contributed by atoms with Crippen LogP contribution in [-0.2, 0) is 6.54 Å². The molecule has 0 radical (unpaired) electrons. The van der Waals surface area contributed by atoms with Crippen LogP contribution >= 0.6 is 0 Å². The second-order valence-electron chi connectivity index (χ2n) is 8.96. The molecule has 1 heterocycles. The molecular weight excluding hydrogens is 518 g/mol. The zero-order chi connectivity index (χ0) is 29.6. The van der Waals surface area contributed by atoms with E-state index >= 15 is 0 Å². The van der Waals surface area contributed by atoms with Gasteiger partial charge in [0.15, 0.2) is 11.5 Å². The van der Waals surface area contributed by atoms with E-state index in [0.717, 1.165) is 22.5 Å². The summed E-state index contributed by atoms with van der Waals surface area (Å²) in [5, 5.41) is 14.5. The van der Waals surface area contributed by atoms with Gasteiger partial charge in [-0.3, -0.25) is 0 Å². The van der Waals surface area contributed by atoms with Gasteiger partial charge in [-0.05, 0) is 23.8 Å². The number of aromatic nitrogens is 3. The Labute approximate surface area is 242 Å². The number of hydrogen-bond acceptors (Lipinski definition) is 10. The van der Waals surface area contributed by atoms with Crippen LogP contribution in [0.4, 0.5) is 29.0 Å². The molecule has 216 valence electrons. The average Bonchev–Trinajstić information content (AvgIpc) is 3.03. The van der Waals surface area contributed by atoms with Gasteiger partial charge in [0.25, 0.3) is 0 Å². The number of methoxy groups -OCH3 is 3. The number of unbranched alkanes of at least 4 members (excludes halogenated alkanes) is 1. The van der Waals surface area contributed by atoms with Crippen LogP contribution in [0.15, 0.2) is 67.0 Å². The number of nitrogens with zero attached hydrogens (tertiary/aromatic N) is 4. The topological polar surface area (TPSA) is 118 Å². The molecule has 4 rings (SSSR count). The van der Waals surface area contributed by atoms with Gasteiger partial charge in [-0.25, -0.2) is 9.97 Å². The summed E-state index contributed by atoms with van der Waals surface area (Å²) in [4.78, 5) is 15.0. The van der Waals surface area contributed by atoms with Crippen LogP contribution in [0.1, 0.15) is 37.8 Å². The van der Waals surface area contributed by atoms with Gasteiger partial charge in [-0.1, -0.05) is 57.0 Å². The standard InChI is InChI=1S/C27H29N7O3.C4H10/c1-34(21-10-11-22(19(12-21)15-28)29-16-18-8-6-5-7-9-18)27-31-17-30-26(33-27)32-20-13-23(35-2)25(37-4)24(14-20)36-3;1-3-4-2/h5-15,17,28-29H,16H2,1-4H3,(H,30,31,32,33);3-4H2,1-2H3. The lowest BCUT2D eigenvalue weighted by Crippen LogP contribution is -2.15. The maximum atomic E-state index is 7.90. The van der Waals surface area contributed by atoms with E-state index < -0.39 is 0 Å². The molecule has 0 saturated carbocycles. The molecule has 0 fully saturated rings. The van der Waals surface area contributed by atoms with Crippen LogP contribution in [-0.4, -0.2) is 49.5 Å². The zero-order valence-corrected chi connectivity index (χ0v) is 24.6. The first-order valence-electron chi connectivity index (χ1n) is 13.4. The normalized spacial score (nSPS) is 10.1. The van der Waals surface area contributed by atoms with Crippen molar-refractivity contribution in [2.75, 3.05) is 43.9 Å². The minimum absolute atomic E-state index is 0.347. The van der Waals surface area contributed by atoms with E-state index in [2.05, 4.69) is 51.6 Å². The average molecular weight is 558 g/mol. The fourth-order valence-corrected chi connectivity index (χ4v) is 3.74. The Morgan fingerprint density at radius 3 is 2.15 bits per heavy atom. The highest BCUT2D eigenvalue weighted by atomic mass is 16.5. The largest absolute Gasteiger partial charge is 0.493 e. The maximum Gasteiger partial charge on any atom is 0.234 e. The lowest BCUT2D eigenvalue weighted by Gasteiger charge is -2.19. The quantitative estimate of drug-likeness (QED) is 0.161. The van der Waals surface area contributed by atoms with Crippen molar-refractivity contribution in [2.24, 2.45) is 0 Å². The number of benzene rings is 3. The van der Waals surface area contributed by atoms with Crippen molar-refractivity contribution in [1.29, 1.82) is 5.41 Å². The Hall–Kier alpha value is -4.86. The number of rotatable bonds is 12. The molecule has 0 bridgehead atoms. The van der Waals surface area contributed by atoms with Crippen LogP contribution < -0.4 is 29.7 Å². The predicted molar refractivity (Wildman–Crippen MR) is 166 cm³/mol. The molecule has 0 aliphatic heterocycles. The highest BCUT2D eigenvalue weighted by molar-refractivity contribution is 5.88. The van der Waals surface area contributed by atoms with Gasteiger partial charge in [-0.15, -0.1) is 0 Å². The lowest BCUT2D eigenvalue weighted by molar-refractivity contribution is 0.324. The molecule has 3 aromatic carbocycles. The highest BCUT2D eigenvalue weighted by Crippen LogP contribution is 2.40. The molecule has 0 unspecified atom stereocenters. The van der Waals surface area contributed by atoms with Crippen molar-refractivity contribution in [3.63, 3.8) is 0 Å². The number of nitrogens with one attached hydrogen (secondary N) is 3. The molecule has 41 heavy (non-hydrogen) atoms. The van der Waals surface area contributed by atoms with Crippen molar-refractivity contribution >= 4 is 35.2 Å². The molecule has 0 saturated heterocycles. The maximum absolute atomic E-state index is 7.90. The van der Waals surface area contributed by atoms with Gasteiger partial charge < -0.3 is 35.2 Å². The Morgan fingerprint density at radius 1 is 0.878 bits per heavy atom. The van der Waals surface area contributed by atoms with E-state index in [-0.39, 0.29) is 0 Å². The molecule has 1 aromatic heterocycles. The molecule has 10 heteroatoms. The zero-order valence-electron chi connectivity index (χ0n) is 24.6. The monoisotopic (exact) mass is 557 g/mol. The third kappa shape index (κ3) is 8.31. The fourth-order valence-electron chi connectivity index (χ4n) is 3.74. The molecule has 0 aliphatic rings. The molecule has 0 spiro atoms. The van der Waals surface area contributed by atoms with Gasteiger partial charge in [-0.2, -0.15) is 4.98 Å². The van der Waals surface area contributed by atoms with E-state index in [9.17, 15) is 0 Å². The first-order valence-corrected chi connectivity index (χ1v) is 13.4. The predicted octanol–water partition coefficient (Wildman–Crippen LogP) is 6.83. The molecule has 4 aromatic rings. The van der Waals surface area contributed by atoms with Crippen LogP contribution in [0.2, 0.25) is 0 Å². The number of hydrogen-bond donors (Lipinski definition) is 3. The van der Waals surface area contributed by atoms with Crippen LogP contribution in [0.5, 0.6) is 17.2 Å². The van der Waals surface area contributed by atoms with E-state index in [1.54, 1.807) is 33.5 Å².